The number of benzene rings is 1. The molecule has 0 amide bonds. The minimum atomic E-state index is 0.0426. The summed E-state index contributed by atoms with van der Waals surface area (Å²) < 4.78 is 2.34. The Morgan fingerprint density at radius 3 is 2.75 bits per heavy atom. The Morgan fingerprint density at radius 1 is 1.36 bits per heavy atom. The quantitative estimate of drug-likeness (QED) is 0.820. The summed E-state index contributed by atoms with van der Waals surface area (Å²) in [7, 11) is 0. The SMILES string of the molecule is C=C1NC2=C(C=C1C(C)=O)C(C(C)(C)C)Cn1c2nc2c(CCC)cccc21. The van der Waals surface area contributed by atoms with E-state index < -0.39 is 0 Å². The molecule has 1 atom stereocenters. The number of aromatic nitrogens is 2. The van der Waals surface area contributed by atoms with E-state index in [0.717, 1.165) is 36.4 Å². The first-order valence-corrected chi connectivity index (χ1v) is 10.1. The van der Waals surface area contributed by atoms with E-state index in [4.69, 9.17) is 4.98 Å². The summed E-state index contributed by atoms with van der Waals surface area (Å²) in [5.74, 6) is 1.27. The summed E-state index contributed by atoms with van der Waals surface area (Å²) in [6.07, 6.45) is 4.17. The van der Waals surface area contributed by atoms with Gasteiger partial charge >= 0.3 is 0 Å². The minimum Gasteiger partial charge on any atom is -0.352 e. The topological polar surface area (TPSA) is 46.9 Å². The van der Waals surface area contributed by atoms with E-state index >= 15 is 0 Å². The minimum absolute atomic E-state index is 0.0426. The second kappa shape index (κ2) is 6.47. The molecule has 2 aliphatic heterocycles. The maximum Gasteiger partial charge on any atom is 0.161 e. The van der Waals surface area contributed by atoms with Crippen molar-refractivity contribution in [2.75, 3.05) is 0 Å². The monoisotopic (exact) mass is 375 g/mol. The normalized spacial score (nSPS) is 19.2. The van der Waals surface area contributed by atoms with Crippen LogP contribution in [0.1, 0.15) is 52.4 Å². The number of allylic oxidation sites excluding steroid dienone is 3. The first kappa shape index (κ1) is 18.7. The first-order valence-electron chi connectivity index (χ1n) is 10.1. The molecule has 4 rings (SSSR count). The number of carbonyl (C=O) groups excluding carboxylic acids is 1. The molecule has 28 heavy (non-hydrogen) atoms. The van der Waals surface area contributed by atoms with Crippen molar-refractivity contribution in [2.24, 2.45) is 11.3 Å². The van der Waals surface area contributed by atoms with Gasteiger partial charge in [-0.05, 0) is 42.0 Å². The van der Waals surface area contributed by atoms with Gasteiger partial charge in [0, 0.05) is 23.7 Å². The average molecular weight is 376 g/mol. The van der Waals surface area contributed by atoms with Gasteiger partial charge in [-0.3, -0.25) is 4.79 Å². The molecule has 0 saturated heterocycles. The fourth-order valence-corrected chi connectivity index (χ4v) is 4.45. The van der Waals surface area contributed by atoms with Crippen molar-refractivity contribution in [1.82, 2.24) is 14.9 Å². The highest BCUT2D eigenvalue weighted by atomic mass is 16.1. The maximum atomic E-state index is 12.1. The molecule has 0 spiro atoms. The van der Waals surface area contributed by atoms with Gasteiger partial charge in [0.25, 0.3) is 0 Å². The second-order valence-electron chi connectivity index (χ2n) is 9.05. The first-order chi connectivity index (χ1) is 13.2. The summed E-state index contributed by atoms with van der Waals surface area (Å²) in [4.78, 5) is 17.2. The van der Waals surface area contributed by atoms with Crippen LogP contribution in [0.15, 0.2) is 47.7 Å². The Balaban J connectivity index is 1.99. The predicted molar refractivity (Wildman–Crippen MR) is 115 cm³/mol. The van der Waals surface area contributed by atoms with Gasteiger partial charge in [0.15, 0.2) is 11.6 Å². The lowest BCUT2D eigenvalue weighted by atomic mass is 9.72. The molecule has 2 aromatic rings. The van der Waals surface area contributed by atoms with E-state index in [0.29, 0.717) is 11.3 Å². The van der Waals surface area contributed by atoms with E-state index in [-0.39, 0.29) is 17.1 Å². The summed E-state index contributed by atoms with van der Waals surface area (Å²) in [6.45, 7) is 15.6. The highest BCUT2D eigenvalue weighted by Gasteiger charge is 2.38. The molecular weight excluding hydrogens is 346 g/mol. The summed E-state index contributed by atoms with van der Waals surface area (Å²) >= 11 is 0. The van der Waals surface area contributed by atoms with Crippen molar-refractivity contribution in [1.29, 1.82) is 0 Å². The molecule has 4 heteroatoms. The van der Waals surface area contributed by atoms with Crippen molar-refractivity contribution < 1.29 is 4.79 Å². The number of nitrogens with one attached hydrogen (secondary N) is 1. The molecule has 2 aliphatic rings. The second-order valence-corrected chi connectivity index (χ2v) is 9.05. The molecule has 0 bridgehead atoms. The number of hydrogen-bond donors (Lipinski definition) is 1. The van der Waals surface area contributed by atoms with Crippen molar-refractivity contribution in [2.45, 2.75) is 54.0 Å². The van der Waals surface area contributed by atoms with Crippen LogP contribution in [-0.4, -0.2) is 15.3 Å². The zero-order valence-corrected chi connectivity index (χ0v) is 17.5. The number of hydrogen-bond acceptors (Lipinski definition) is 3. The van der Waals surface area contributed by atoms with Crippen molar-refractivity contribution in [3.8, 4) is 0 Å². The van der Waals surface area contributed by atoms with Crippen LogP contribution in [0.2, 0.25) is 0 Å². The van der Waals surface area contributed by atoms with Crippen LogP contribution >= 0.6 is 0 Å². The standard InChI is InChI=1S/C24H29N3O/c1-7-9-16-10-8-11-20-21(16)26-23-22-18(12-17(15(3)28)14(2)25-22)19(13-27(20)23)24(4,5)6/h8,10-12,19,25H,2,7,9,13H2,1,3-6H3. The van der Waals surface area contributed by atoms with Gasteiger partial charge in [0.1, 0.15) is 0 Å². The van der Waals surface area contributed by atoms with E-state index in [1.807, 2.05) is 6.08 Å². The number of carbonyl (C=O) groups is 1. The van der Waals surface area contributed by atoms with Crippen LogP contribution in [0.5, 0.6) is 0 Å². The highest BCUT2D eigenvalue weighted by molar-refractivity contribution is 6.00. The number of dihydropyridines is 1. The predicted octanol–water partition coefficient (Wildman–Crippen LogP) is 5.01. The van der Waals surface area contributed by atoms with Crippen LogP contribution in [0, 0.1) is 11.3 Å². The summed E-state index contributed by atoms with van der Waals surface area (Å²) in [5.41, 5.74) is 7.13. The van der Waals surface area contributed by atoms with Crippen molar-refractivity contribution in [3.63, 3.8) is 0 Å². The van der Waals surface area contributed by atoms with E-state index in [1.165, 1.54) is 16.7 Å². The van der Waals surface area contributed by atoms with Crippen molar-refractivity contribution >= 4 is 22.5 Å². The Labute approximate surface area is 167 Å². The smallest absolute Gasteiger partial charge is 0.161 e. The van der Waals surface area contributed by atoms with Gasteiger partial charge in [-0.15, -0.1) is 0 Å². The largest absolute Gasteiger partial charge is 0.352 e. The third kappa shape index (κ3) is 2.83. The number of aryl methyl sites for hydroxylation is 1. The van der Waals surface area contributed by atoms with Crippen LogP contribution in [0.3, 0.4) is 0 Å². The van der Waals surface area contributed by atoms with Gasteiger partial charge in [-0.2, -0.15) is 0 Å². The molecule has 1 aromatic heterocycles. The van der Waals surface area contributed by atoms with Gasteiger partial charge in [-0.1, -0.05) is 52.8 Å². The van der Waals surface area contributed by atoms with E-state index in [2.05, 4.69) is 62.4 Å². The Bertz CT molecular complexity index is 1060. The number of para-hydroxylation sites is 1. The molecule has 0 fully saturated rings. The number of imidazole rings is 1. The molecule has 1 unspecified atom stereocenters. The lowest BCUT2D eigenvalue weighted by molar-refractivity contribution is -0.113. The van der Waals surface area contributed by atoms with Crippen LogP contribution < -0.4 is 5.32 Å². The van der Waals surface area contributed by atoms with E-state index in [9.17, 15) is 4.79 Å². The fraction of sp³-hybridized carbons (Fsp3) is 0.417. The Morgan fingerprint density at radius 2 is 2.11 bits per heavy atom. The molecule has 1 N–H and O–H groups in total. The number of Topliss-reactive ketones (excluding diaryl/α,β-unsaturated/α-hetero) is 1. The molecular formula is C24H29N3O. The van der Waals surface area contributed by atoms with Gasteiger partial charge in [0.05, 0.1) is 16.7 Å². The highest BCUT2D eigenvalue weighted by Crippen LogP contribution is 2.44. The lowest BCUT2D eigenvalue weighted by Gasteiger charge is -2.39. The third-order valence-corrected chi connectivity index (χ3v) is 5.96. The molecule has 0 radical (unpaired) electrons. The Hall–Kier alpha value is -2.62. The number of nitrogens with zero attached hydrogens (tertiary/aromatic N) is 2. The fourth-order valence-electron chi connectivity index (χ4n) is 4.45. The number of ketones is 1. The summed E-state index contributed by atoms with van der Waals surface area (Å²) in [6, 6.07) is 6.49. The molecule has 1 aromatic carbocycles. The lowest BCUT2D eigenvalue weighted by Crippen LogP contribution is -2.36. The zero-order chi connectivity index (χ0) is 20.2. The maximum absolute atomic E-state index is 12.1. The molecule has 0 saturated carbocycles. The molecule has 3 heterocycles. The molecule has 146 valence electrons. The Kier molecular flexibility index (Phi) is 4.33. The number of fused-ring (bicyclic) bond motifs is 4. The zero-order valence-electron chi connectivity index (χ0n) is 17.5. The third-order valence-electron chi connectivity index (χ3n) is 5.96. The van der Waals surface area contributed by atoms with Crippen LogP contribution in [0.25, 0.3) is 16.7 Å². The van der Waals surface area contributed by atoms with Gasteiger partial charge < -0.3 is 9.88 Å². The van der Waals surface area contributed by atoms with Crippen molar-refractivity contribution in [3.05, 3.63) is 59.1 Å². The molecule has 4 nitrogen and oxygen atoms in total. The summed E-state index contributed by atoms with van der Waals surface area (Å²) in [5, 5.41) is 3.43. The van der Waals surface area contributed by atoms with Crippen LogP contribution in [-0.2, 0) is 17.8 Å². The average Bonchev–Trinajstić information content (AvgIpc) is 3.00. The van der Waals surface area contributed by atoms with Gasteiger partial charge in [0.2, 0.25) is 0 Å². The van der Waals surface area contributed by atoms with E-state index in [1.54, 1.807) is 6.92 Å². The molecule has 0 aliphatic carbocycles. The van der Waals surface area contributed by atoms with Crippen LogP contribution in [0.4, 0.5) is 0 Å². The number of rotatable bonds is 3. The van der Waals surface area contributed by atoms with Gasteiger partial charge in [-0.25, -0.2) is 4.98 Å².